The maximum Gasteiger partial charge on any atom is 0.271 e. The van der Waals surface area contributed by atoms with E-state index in [1.165, 1.54) is 0 Å². The lowest BCUT2D eigenvalue weighted by molar-refractivity contribution is 0.0996. The zero-order valence-electron chi connectivity index (χ0n) is 17.0. The van der Waals surface area contributed by atoms with Gasteiger partial charge in [0.2, 0.25) is 0 Å². The van der Waals surface area contributed by atoms with Gasteiger partial charge in [-0.1, -0.05) is 48.9 Å². The highest BCUT2D eigenvalue weighted by Crippen LogP contribution is 2.22. The first kappa shape index (κ1) is 23.2. The van der Waals surface area contributed by atoms with E-state index in [0.29, 0.717) is 10.4 Å². The normalized spacial score (nSPS) is 10.5. The predicted octanol–water partition coefficient (Wildman–Crippen LogP) is 3.71. The van der Waals surface area contributed by atoms with Crippen LogP contribution in [-0.2, 0) is 6.42 Å². The molecule has 0 aliphatic rings. The summed E-state index contributed by atoms with van der Waals surface area (Å²) in [5.41, 5.74) is 17.3. The molecule has 2 aromatic heterocycles. The molecular weight excluding hydrogens is 496 g/mol. The summed E-state index contributed by atoms with van der Waals surface area (Å²) >= 11 is 9.19. The minimum Gasteiger partial charge on any atom is -0.382 e. The van der Waals surface area contributed by atoms with Gasteiger partial charge in [0.25, 0.3) is 11.5 Å². The minimum atomic E-state index is -0.735. The number of aryl methyl sites for hydroxylation is 1. The van der Waals surface area contributed by atoms with Crippen LogP contribution < -0.4 is 22.8 Å². The first-order valence-electron chi connectivity index (χ1n) is 9.51. The third-order valence-electron chi connectivity index (χ3n) is 4.59. The van der Waals surface area contributed by atoms with E-state index >= 15 is 0 Å². The van der Waals surface area contributed by atoms with Crippen LogP contribution in [0.3, 0.4) is 0 Å². The number of nitrogens with zero attached hydrogens (tertiary/aromatic N) is 3. The number of carbonyl (C=O) groups excluding carboxylic acids is 1. The fourth-order valence-corrected chi connectivity index (χ4v) is 3.64. The van der Waals surface area contributed by atoms with Crippen molar-refractivity contribution in [1.82, 2.24) is 14.5 Å². The number of nitrogens with two attached hydrogens (primary N) is 3. The number of benzene rings is 2. The number of para-hydroxylation sites is 1. The van der Waals surface area contributed by atoms with Gasteiger partial charge in [-0.25, -0.2) is 9.97 Å². The van der Waals surface area contributed by atoms with Gasteiger partial charge in [-0.3, -0.25) is 14.2 Å². The van der Waals surface area contributed by atoms with Gasteiger partial charge >= 0.3 is 0 Å². The lowest BCUT2D eigenvalue weighted by Crippen LogP contribution is -2.22. The SMILES string of the molecule is CCc1cc2cccc(Cl)c2c(=O)n1-c1ccccc1.NC(=O)c1nc(Br)c(N)nc1N. The van der Waals surface area contributed by atoms with Crippen molar-refractivity contribution in [3.63, 3.8) is 0 Å². The molecule has 0 fully saturated rings. The minimum absolute atomic E-state index is 0.0591. The topological polar surface area (TPSA) is 143 Å². The third kappa shape index (κ3) is 4.74. The Hall–Kier alpha value is -3.43. The van der Waals surface area contributed by atoms with Crippen LogP contribution in [0, 0.1) is 0 Å². The van der Waals surface area contributed by atoms with E-state index in [1.54, 1.807) is 10.6 Å². The molecular formula is C22H20BrClN6O2. The van der Waals surface area contributed by atoms with E-state index in [0.717, 1.165) is 23.2 Å². The Morgan fingerprint density at radius 2 is 1.75 bits per heavy atom. The molecule has 8 nitrogen and oxygen atoms in total. The molecule has 4 aromatic rings. The average Bonchev–Trinajstić information content (AvgIpc) is 2.76. The van der Waals surface area contributed by atoms with Crippen molar-refractivity contribution in [1.29, 1.82) is 0 Å². The molecule has 2 aromatic carbocycles. The second-order valence-corrected chi connectivity index (χ2v) is 7.83. The van der Waals surface area contributed by atoms with Crippen molar-refractivity contribution in [2.45, 2.75) is 13.3 Å². The number of hydrogen-bond acceptors (Lipinski definition) is 6. The van der Waals surface area contributed by atoms with Crippen LogP contribution in [0.2, 0.25) is 5.02 Å². The van der Waals surface area contributed by atoms with Crippen molar-refractivity contribution >= 4 is 55.8 Å². The molecule has 10 heteroatoms. The average molecular weight is 516 g/mol. The summed E-state index contributed by atoms with van der Waals surface area (Å²) in [7, 11) is 0. The second kappa shape index (κ2) is 9.80. The Morgan fingerprint density at radius 1 is 1.06 bits per heavy atom. The highest BCUT2D eigenvalue weighted by Gasteiger charge is 2.13. The molecule has 0 bridgehead atoms. The molecule has 4 rings (SSSR count). The Bertz CT molecular complexity index is 1360. The van der Waals surface area contributed by atoms with E-state index in [4.69, 9.17) is 28.8 Å². The van der Waals surface area contributed by atoms with Crippen LogP contribution in [0.25, 0.3) is 16.5 Å². The van der Waals surface area contributed by atoms with E-state index in [-0.39, 0.29) is 27.5 Å². The summed E-state index contributed by atoms with van der Waals surface area (Å²) in [5, 5.41) is 1.97. The van der Waals surface area contributed by atoms with Crippen LogP contribution in [0.4, 0.5) is 11.6 Å². The van der Waals surface area contributed by atoms with Crippen LogP contribution >= 0.6 is 27.5 Å². The summed E-state index contributed by atoms with van der Waals surface area (Å²) in [6.07, 6.45) is 0.784. The van der Waals surface area contributed by atoms with Gasteiger partial charge < -0.3 is 17.2 Å². The maximum atomic E-state index is 12.8. The van der Waals surface area contributed by atoms with Crippen molar-refractivity contribution in [3.8, 4) is 5.69 Å². The maximum absolute atomic E-state index is 12.8. The van der Waals surface area contributed by atoms with Crippen LogP contribution in [0.5, 0.6) is 0 Å². The molecule has 0 unspecified atom stereocenters. The number of halogens is 2. The Kier molecular flexibility index (Phi) is 7.12. The summed E-state index contributed by atoms with van der Waals surface area (Å²) in [6.45, 7) is 2.05. The number of fused-ring (bicyclic) bond motifs is 1. The number of rotatable bonds is 3. The fraction of sp³-hybridized carbons (Fsp3) is 0.0909. The van der Waals surface area contributed by atoms with Gasteiger partial charge in [-0.15, -0.1) is 0 Å². The molecule has 0 saturated carbocycles. The van der Waals surface area contributed by atoms with Crippen LogP contribution in [-0.4, -0.2) is 20.4 Å². The zero-order chi connectivity index (χ0) is 23.4. The molecule has 164 valence electrons. The first-order chi connectivity index (χ1) is 15.2. The number of nitrogen functional groups attached to an aromatic ring is 2. The molecule has 0 radical (unpaired) electrons. The molecule has 0 atom stereocenters. The smallest absolute Gasteiger partial charge is 0.271 e. The van der Waals surface area contributed by atoms with Crippen molar-refractivity contribution in [2.24, 2.45) is 5.73 Å². The third-order valence-corrected chi connectivity index (χ3v) is 5.49. The largest absolute Gasteiger partial charge is 0.382 e. The molecule has 0 spiro atoms. The number of anilines is 2. The lowest BCUT2D eigenvalue weighted by atomic mass is 10.1. The number of carbonyl (C=O) groups is 1. The second-order valence-electron chi connectivity index (χ2n) is 6.67. The summed E-state index contributed by atoms with van der Waals surface area (Å²) in [5.74, 6) is -0.679. The van der Waals surface area contributed by atoms with E-state index < -0.39 is 5.91 Å². The highest BCUT2D eigenvalue weighted by molar-refractivity contribution is 9.10. The number of pyridine rings is 1. The summed E-state index contributed by atoms with van der Waals surface area (Å²) in [4.78, 5) is 30.8. The van der Waals surface area contributed by atoms with Crippen LogP contribution in [0.15, 0.2) is 64.0 Å². The number of primary amides is 1. The lowest BCUT2D eigenvalue weighted by Gasteiger charge is -2.14. The number of amides is 1. The standard InChI is InChI=1S/C17H14ClNO.C5H6BrN5O/c1-2-13-11-12-7-6-10-15(18)16(12)17(20)19(13)14-8-4-3-5-9-14;6-2-4(8)11-3(7)1(10-2)5(9)12/h3-11H,2H2,1H3;(H2,9,12)(H4,7,8,11). The molecule has 0 saturated heterocycles. The van der Waals surface area contributed by atoms with Gasteiger partial charge in [-0.2, -0.15) is 0 Å². The fourth-order valence-electron chi connectivity index (χ4n) is 3.12. The molecule has 6 N–H and O–H groups in total. The Balaban J connectivity index is 0.000000207. The Morgan fingerprint density at radius 3 is 2.38 bits per heavy atom. The van der Waals surface area contributed by atoms with Gasteiger partial charge in [0.15, 0.2) is 17.3 Å². The highest BCUT2D eigenvalue weighted by atomic mass is 79.9. The summed E-state index contributed by atoms with van der Waals surface area (Å²) < 4.78 is 2.00. The van der Waals surface area contributed by atoms with E-state index in [1.807, 2.05) is 55.5 Å². The monoisotopic (exact) mass is 514 g/mol. The van der Waals surface area contributed by atoms with Gasteiger partial charge in [0, 0.05) is 11.4 Å². The molecule has 32 heavy (non-hydrogen) atoms. The van der Waals surface area contributed by atoms with Gasteiger partial charge in [-0.05, 0) is 52.0 Å². The zero-order valence-corrected chi connectivity index (χ0v) is 19.4. The van der Waals surface area contributed by atoms with Crippen molar-refractivity contribution in [3.05, 3.63) is 86.0 Å². The Labute approximate surface area is 197 Å². The first-order valence-corrected chi connectivity index (χ1v) is 10.7. The quantitative estimate of drug-likeness (QED) is 0.379. The molecule has 2 heterocycles. The molecule has 0 aliphatic carbocycles. The van der Waals surface area contributed by atoms with Crippen molar-refractivity contribution < 1.29 is 4.79 Å². The van der Waals surface area contributed by atoms with Crippen molar-refractivity contribution in [2.75, 3.05) is 11.5 Å². The predicted molar refractivity (Wildman–Crippen MR) is 131 cm³/mol. The van der Waals surface area contributed by atoms with Gasteiger partial charge in [0.1, 0.15) is 4.60 Å². The summed E-state index contributed by atoms with van der Waals surface area (Å²) in [6, 6.07) is 17.3. The van der Waals surface area contributed by atoms with Crippen LogP contribution in [0.1, 0.15) is 23.1 Å². The van der Waals surface area contributed by atoms with Gasteiger partial charge in [0.05, 0.1) is 10.4 Å². The number of aromatic nitrogens is 3. The number of hydrogen-bond donors (Lipinski definition) is 3. The van der Waals surface area contributed by atoms with E-state index in [9.17, 15) is 9.59 Å². The van der Waals surface area contributed by atoms with E-state index in [2.05, 4.69) is 25.9 Å². The molecule has 1 amide bonds. The molecule has 0 aliphatic heterocycles.